The minimum Gasteiger partial charge on any atom is -0.493 e. The standard InChI is InChI=1S/C20H22O/c1-15(13-16-7-5-4-6-8-16)17-9-10-18-19(14-17)21-12-11-20(18,2)3/h4-10,13-14H,11-12H2,1-3H3. The summed E-state index contributed by atoms with van der Waals surface area (Å²) in [4.78, 5) is 0. The molecule has 0 bridgehead atoms. The van der Waals surface area contributed by atoms with Crippen LogP contribution in [-0.4, -0.2) is 6.61 Å². The first-order valence-electron chi connectivity index (χ1n) is 7.57. The van der Waals surface area contributed by atoms with E-state index in [-0.39, 0.29) is 5.41 Å². The Labute approximate surface area is 127 Å². The van der Waals surface area contributed by atoms with Gasteiger partial charge in [-0.1, -0.05) is 62.4 Å². The summed E-state index contributed by atoms with van der Waals surface area (Å²) in [6, 6.07) is 17.1. The Hall–Kier alpha value is -2.02. The molecule has 1 heterocycles. The molecule has 108 valence electrons. The van der Waals surface area contributed by atoms with Crippen LogP contribution in [0.4, 0.5) is 0 Å². The fraction of sp³-hybridized carbons (Fsp3) is 0.300. The van der Waals surface area contributed by atoms with Crippen molar-refractivity contribution in [1.82, 2.24) is 0 Å². The van der Waals surface area contributed by atoms with E-state index in [2.05, 4.69) is 69.3 Å². The molecule has 0 amide bonds. The van der Waals surface area contributed by atoms with Gasteiger partial charge in [-0.25, -0.2) is 0 Å². The molecular weight excluding hydrogens is 256 g/mol. The van der Waals surface area contributed by atoms with Gasteiger partial charge >= 0.3 is 0 Å². The van der Waals surface area contributed by atoms with E-state index in [1.165, 1.54) is 22.3 Å². The molecule has 1 nitrogen and oxygen atoms in total. The van der Waals surface area contributed by atoms with Crippen molar-refractivity contribution in [3.63, 3.8) is 0 Å². The third-order valence-electron chi connectivity index (χ3n) is 4.33. The summed E-state index contributed by atoms with van der Waals surface area (Å²) >= 11 is 0. The van der Waals surface area contributed by atoms with Gasteiger partial charge in [0.05, 0.1) is 6.61 Å². The number of allylic oxidation sites excluding steroid dienone is 1. The van der Waals surface area contributed by atoms with Crippen molar-refractivity contribution < 1.29 is 4.74 Å². The fourth-order valence-corrected chi connectivity index (χ4v) is 2.88. The largest absolute Gasteiger partial charge is 0.493 e. The zero-order valence-corrected chi connectivity index (χ0v) is 13.0. The summed E-state index contributed by atoms with van der Waals surface area (Å²) in [5.74, 6) is 1.05. The van der Waals surface area contributed by atoms with Crippen LogP contribution < -0.4 is 4.74 Å². The van der Waals surface area contributed by atoms with Gasteiger partial charge in [0.15, 0.2) is 0 Å². The van der Waals surface area contributed by atoms with E-state index < -0.39 is 0 Å². The van der Waals surface area contributed by atoms with Crippen LogP contribution in [0, 0.1) is 0 Å². The van der Waals surface area contributed by atoms with E-state index in [1.54, 1.807) is 0 Å². The van der Waals surface area contributed by atoms with Crippen molar-refractivity contribution in [1.29, 1.82) is 0 Å². The Kier molecular flexibility index (Phi) is 3.59. The van der Waals surface area contributed by atoms with Gasteiger partial charge in [-0.2, -0.15) is 0 Å². The smallest absolute Gasteiger partial charge is 0.123 e. The van der Waals surface area contributed by atoms with Crippen LogP contribution in [0.1, 0.15) is 43.9 Å². The number of fused-ring (bicyclic) bond motifs is 1. The first kappa shape index (κ1) is 13.9. The second kappa shape index (κ2) is 5.40. The molecule has 1 heteroatoms. The average molecular weight is 278 g/mol. The highest BCUT2D eigenvalue weighted by atomic mass is 16.5. The maximum atomic E-state index is 5.87. The van der Waals surface area contributed by atoms with Crippen LogP contribution in [0.3, 0.4) is 0 Å². The number of rotatable bonds is 2. The Balaban J connectivity index is 1.96. The van der Waals surface area contributed by atoms with E-state index in [1.807, 2.05) is 6.07 Å². The Morgan fingerprint density at radius 3 is 2.62 bits per heavy atom. The Morgan fingerprint density at radius 2 is 1.86 bits per heavy atom. The number of benzene rings is 2. The topological polar surface area (TPSA) is 9.23 Å². The lowest BCUT2D eigenvalue weighted by atomic mass is 9.79. The molecule has 0 fully saturated rings. The number of hydrogen-bond acceptors (Lipinski definition) is 1. The molecule has 1 aliphatic rings. The third-order valence-corrected chi connectivity index (χ3v) is 4.33. The molecule has 0 atom stereocenters. The van der Waals surface area contributed by atoms with Gasteiger partial charge in [0.25, 0.3) is 0 Å². The van der Waals surface area contributed by atoms with Crippen LogP contribution in [0.15, 0.2) is 48.5 Å². The molecule has 21 heavy (non-hydrogen) atoms. The lowest BCUT2D eigenvalue weighted by molar-refractivity contribution is 0.234. The van der Waals surface area contributed by atoms with Crippen molar-refractivity contribution in [3.8, 4) is 5.75 Å². The third kappa shape index (κ3) is 2.87. The molecule has 0 radical (unpaired) electrons. The molecule has 0 saturated heterocycles. The molecule has 0 spiro atoms. The second-order valence-electron chi connectivity index (χ2n) is 6.43. The van der Waals surface area contributed by atoms with Gasteiger partial charge < -0.3 is 4.74 Å². The lowest BCUT2D eigenvalue weighted by Gasteiger charge is -2.32. The van der Waals surface area contributed by atoms with Gasteiger partial charge in [-0.15, -0.1) is 0 Å². The van der Waals surface area contributed by atoms with Crippen LogP contribution >= 0.6 is 0 Å². The molecule has 3 rings (SSSR count). The predicted octanol–water partition coefficient (Wildman–Crippen LogP) is 5.31. The summed E-state index contributed by atoms with van der Waals surface area (Å²) in [5.41, 5.74) is 5.26. The highest BCUT2D eigenvalue weighted by Crippen LogP contribution is 2.39. The molecule has 1 aliphatic heterocycles. The predicted molar refractivity (Wildman–Crippen MR) is 89.6 cm³/mol. The number of ether oxygens (including phenoxy) is 1. The van der Waals surface area contributed by atoms with Gasteiger partial charge in [0.2, 0.25) is 0 Å². The molecule has 0 saturated carbocycles. The van der Waals surface area contributed by atoms with E-state index in [9.17, 15) is 0 Å². The Bertz CT molecular complexity index is 665. The first-order valence-corrected chi connectivity index (χ1v) is 7.57. The van der Waals surface area contributed by atoms with Gasteiger partial charge in [0.1, 0.15) is 5.75 Å². The molecular formula is C20H22O. The maximum Gasteiger partial charge on any atom is 0.123 e. The van der Waals surface area contributed by atoms with Crippen LogP contribution in [-0.2, 0) is 5.41 Å². The summed E-state index contributed by atoms with van der Waals surface area (Å²) < 4.78 is 5.87. The zero-order valence-electron chi connectivity index (χ0n) is 13.0. The van der Waals surface area contributed by atoms with Crippen molar-refractivity contribution in [2.75, 3.05) is 6.61 Å². The van der Waals surface area contributed by atoms with Crippen LogP contribution in [0.5, 0.6) is 5.75 Å². The van der Waals surface area contributed by atoms with E-state index in [4.69, 9.17) is 4.74 Å². The Morgan fingerprint density at radius 1 is 1.10 bits per heavy atom. The molecule has 0 aliphatic carbocycles. The quantitative estimate of drug-likeness (QED) is 0.677. The molecule has 2 aromatic rings. The maximum absolute atomic E-state index is 5.87. The first-order chi connectivity index (χ1) is 10.1. The van der Waals surface area contributed by atoms with Crippen LogP contribution in [0.25, 0.3) is 11.6 Å². The molecule has 2 aromatic carbocycles. The highest BCUT2D eigenvalue weighted by Gasteiger charge is 2.28. The second-order valence-corrected chi connectivity index (χ2v) is 6.43. The zero-order chi connectivity index (χ0) is 14.9. The average Bonchev–Trinajstić information content (AvgIpc) is 2.47. The minimum atomic E-state index is 0.211. The highest BCUT2D eigenvalue weighted by molar-refractivity contribution is 5.80. The molecule has 0 N–H and O–H groups in total. The normalized spacial score (nSPS) is 17.0. The number of hydrogen-bond donors (Lipinski definition) is 0. The monoisotopic (exact) mass is 278 g/mol. The van der Waals surface area contributed by atoms with Gasteiger partial charge in [-0.05, 0) is 47.1 Å². The molecule has 0 aromatic heterocycles. The summed E-state index contributed by atoms with van der Waals surface area (Å²) in [6.07, 6.45) is 3.30. The lowest BCUT2D eigenvalue weighted by Crippen LogP contribution is -2.26. The summed E-state index contributed by atoms with van der Waals surface area (Å²) in [7, 11) is 0. The van der Waals surface area contributed by atoms with E-state index in [0.717, 1.165) is 18.8 Å². The van der Waals surface area contributed by atoms with Gasteiger partial charge in [-0.3, -0.25) is 0 Å². The van der Waals surface area contributed by atoms with E-state index in [0.29, 0.717) is 0 Å². The van der Waals surface area contributed by atoms with Crippen LogP contribution in [0.2, 0.25) is 0 Å². The van der Waals surface area contributed by atoms with Crippen molar-refractivity contribution in [3.05, 3.63) is 65.2 Å². The SMILES string of the molecule is CC(=Cc1ccccc1)c1ccc2c(c1)OCCC2(C)C. The summed E-state index contributed by atoms with van der Waals surface area (Å²) in [5, 5.41) is 0. The summed E-state index contributed by atoms with van der Waals surface area (Å²) in [6.45, 7) is 7.55. The minimum absolute atomic E-state index is 0.211. The van der Waals surface area contributed by atoms with Crippen molar-refractivity contribution in [2.45, 2.75) is 32.6 Å². The van der Waals surface area contributed by atoms with E-state index >= 15 is 0 Å². The fourth-order valence-electron chi connectivity index (χ4n) is 2.88. The van der Waals surface area contributed by atoms with Gasteiger partial charge in [0, 0.05) is 0 Å². The van der Waals surface area contributed by atoms with Crippen molar-refractivity contribution >= 4 is 11.6 Å². The van der Waals surface area contributed by atoms with Crippen molar-refractivity contribution in [2.24, 2.45) is 0 Å². The molecule has 0 unspecified atom stereocenters.